The maximum absolute atomic E-state index is 12.2. The summed E-state index contributed by atoms with van der Waals surface area (Å²) in [6.45, 7) is 0.442. The number of aliphatic hydroxyl groups excluding tert-OH is 1. The molecule has 0 atom stereocenters. The molecule has 0 fully saturated rings. The third-order valence-corrected chi connectivity index (χ3v) is 2.02. The van der Waals surface area contributed by atoms with Crippen molar-refractivity contribution >= 4 is 5.91 Å². The van der Waals surface area contributed by atoms with Crippen molar-refractivity contribution in [3.63, 3.8) is 0 Å². The molecule has 1 N–H and O–H groups in total. The summed E-state index contributed by atoms with van der Waals surface area (Å²) < 4.78 is 24.5. The number of aryl methyl sites for hydroxylation is 1. The van der Waals surface area contributed by atoms with Crippen LogP contribution in [0.15, 0.2) is 12.4 Å². The highest BCUT2D eigenvalue weighted by molar-refractivity contribution is 5.92. The van der Waals surface area contributed by atoms with Crippen LogP contribution in [0.4, 0.5) is 8.78 Å². The van der Waals surface area contributed by atoms with E-state index in [2.05, 4.69) is 9.97 Å². The number of nitrogens with zero attached hydrogens (tertiary/aromatic N) is 3. The Hall–Kier alpha value is -1.63. The smallest absolute Gasteiger partial charge is 0.274 e. The summed E-state index contributed by atoms with van der Waals surface area (Å²) in [5.41, 5.74) is 0.619. The van der Waals surface area contributed by atoms with Gasteiger partial charge in [0.1, 0.15) is 5.69 Å². The number of carbonyl (C=O) groups is 1. The van der Waals surface area contributed by atoms with E-state index in [1.807, 2.05) is 0 Å². The summed E-state index contributed by atoms with van der Waals surface area (Å²) in [6.07, 6.45) is -0.0378. The standard InChI is InChI=1S/C10H13F2N3O2/c1-7-4-14-8(5-13-7)10(17)15(2-3-16)6-9(11)12/h4-5,9,16H,2-3,6H2,1H3. The van der Waals surface area contributed by atoms with Gasteiger partial charge >= 0.3 is 0 Å². The molecule has 0 spiro atoms. The number of hydrogen-bond acceptors (Lipinski definition) is 4. The topological polar surface area (TPSA) is 66.3 Å². The average molecular weight is 245 g/mol. The molecule has 1 aromatic heterocycles. The predicted octanol–water partition coefficient (Wildman–Crippen LogP) is 0.485. The van der Waals surface area contributed by atoms with Crippen LogP contribution in [0, 0.1) is 6.92 Å². The van der Waals surface area contributed by atoms with Gasteiger partial charge in [0.2, 0.25) is 0 Å². The minimum Gasteiger partial charge on any atom is -0.395 e. The molecule has 0 saturated carbocycles. The van der Waals surface area contributed by atoms with Crippen LogP contribution in [0.25, 0.3) is 0 Å². The number of amides is 1. The normalized spacial score (nSPS) is 10.6. The number of rotatable bonds is 5. The van der Waals surface area contributed by atoms with E-state index in [9.17, 15) is 13.6 Å². The molecule has 0 bridgehead atoms. The maximum atomic E-state index is 12.2. The summed E-state index contributed by atoms with van der Waals surface area (Å²) in [5, 5.41) is 8.71. The van der Waals surface area contributed by atoms with Crippen molar-refractivity contribution in [1.82, 2.24) is 14.9 Å². The molecule has 7 heteroatoms. The van der Waals surface area contributed by atoms with Crippen molar-refractivity contribution < 1.29 is 18.7 Å². The van der Waals surface area contributed by atoms with Crippen LogP contribution in [-0.4, -0.2) is 52.0 Å². The lowest BCUT2D eigenvalue weighted by Crippen LogP contribution is -2.37. The lowest BCUT2D eigenvalue weighted by atomic mass is 10.3. The average Bonchev–Trinajstić information content (AvgIpc) is 2.28. The first-order valence-corrected chi connectivity index (χ1v) is 5.01. The fraction of sp³-hybridized carbons (Fsp3) is 0.500. The molecule has 0 saturated heterocycles. The van der Waals surface area contributed by atoms with E-state index in [1.165, 1.54) is 12.4 Å². The first kappa shape index (κ1) is 13.4. The van der Waals surface area contributed by atoms with Crippen LogP contribution in [0.5, 0.6) is 0 Å². The van der Waals surface area contributed by atoms with Crippen molar-refractivity contribution in [2.75, 3.05) is 19.7 Å². The molecule has 0 unspecified atom stereocenters. The molecule has 0 aliphatic carbocycles. The summed E-state index contributed by atoms with van der Waals surface area (Å²) in [4.78, 5) is 20.3. The molecule has 1 heterocycles. The van der Waals surface area contributed by atoms with Crippen LogP contribution in [0.2, 0.25) is 0 Å². The monoisotopic (exact) mass is 245 g/mol. The van der Waals surface area contributed by atoms with Crippen molar-refractivity contribution in [2.45, 2.75) is 13.3 Å². The van der Waals surface area contributed by atoms with Crippen LogP contribution in [-0.2, 0) is 0 Å². The van der Waals surface area contributed by atoms with Gasteiger partial charge < -0.3 is 10.0 Å². The second-order valence-electron chi connectivity index (χ2n) is 3.41. The van der Waals surface area contributed by atoms with E-state index < -0.39 is 18.9 Å². The number of alkyl halides is 2. The Kier molecular flexibility index (Phi) is 4.89. The number of carbonyl (C=O) groups excluding carboxylic acids is 1. The van der Waals surface area contributed by atoms with Crippen molar-refractivity contribution in [2.24, 2.45) is 0 Å². The van der Waals surface area contributed by atoms with Crippen LogP contribution in [0.3, 0.4) is 0 Å². The quantitative estimate of drug-likeness (QED) is 0.819. The van der Waals surface area contributed by atoms with E-state index in [4.69, 9.17) is 5.11 Å². The third kappa shape index (κ3) is 4.03. The van der Waals surface area contributed by atoms with Gasteiger partial charge in [-0.1, -0.05) is 0 Å². The molecule has 0 aromatic carbocycles. The molecule has 5 nitrogen and oxygen atoms in total. The van der Waals surface area contributed by atoms with E-state index in [0.717, 1.165) is 4.90 Å². The first-order chi connectivity index (χ1) is 8.04. The molecule has 17 heavy (non-hydrogen) atoms. The van der Waals surface area contributed by atoms with Crippen LogP contribution < -0.4 is 0 Å². The Labute approximate surface area is 97.1 Å². The largest absolute Gasteiger partial charge is 0.395 e. The summed E-state index contributed by atoms with van der Waals surface area (Å²) in [5.74, 6) is -0.660. The van der Waals surface area contributed by atoms with Gasteiger partial charge in [0.15, 0.2) is 0 Å². The van der Waals surface area contributed by atoms with Gasteiger partial charge in [0.05, 0.1) is 25.0 Å². The Morgan fingerprint density at radius 3 is 2.65 bits per heavy atom. The van der Waals surface area contributed by atoms with E-state index in [1.54, 1.807) is 6.92 Å². The minimum absolute atomic E-state index is 0.00954. The number of aliphatic hydroxyl groups is 1. The molecular formula is C10H13F2N3O2. The maximum Gasteiger partial charge on any atom is 0.274 e. The number of aromatic nitrogens is 2. The second kappa shape index (κ2) is 6.19. The summed E-state index contributed by atoms with van der Waals surface area (Å²) >= 11 is 0. The van der Waals surface area contributed by atoms with Gasteiger partial charge in [-0.05, 0) is 6.92 Å². The van der Waals surface area contributed by atoms with E-state index in [-0.39, 0.29) is 18.8 Å². The summed E-state index contributed by atoms with van der Waals surface area (Å²) in [6, 6.07) is 0. The summed E-state index contributed by atoms with van der Waals surface area (Å²) in [7, 11) is 0. The minimum atomic E-state index is -2.65. The molecule has 0 aliphatic heterocycles. The molecule has 0 aliphatic rings. The SMILES string of the molecule is Cc1cnc(C(=O)N(CCO)CC(F)F)cn1. The Morgan fingerprint density at radius 2 is 2.18 bits per heavy atom. The van der Waals surface area contributed by atoms with Crippen molar-refractivity contribution in [3.05, 3.63) is 23.8 Å². The second-order valence-corrected chi connectivity index (χ2v) is 3.41. The van der Waals surface area contributed by atoms with Gasteiger partial charge in [-0.15, -0.1) is 0 Å². The Balaban J connectivity index is 2.79. The zero-order valence-electron chi connectivity index (χ0n) is 9.31. The van der Waals surface area contributed by atoms with Gasteiger partial charge in [-0.25, -0.2) is 13.8 Å². The van der Waals surface area contributed by atoms with E-state index >= 15 is 0 Å². The molecule has 94 valence electrons. The van der Waals surface area contributed by atoms with Gasteiger partial charge in [0.25, 0.3) is 12.3 Å². The number of halogens is 2. The lowest BCUT2D eigenvalue weighted by Gasteiger charge is -2.20. The molecule has 1 aromatic rings. The van der Waals surface area contributed by atoms with Crippen LogP contribution >= 0.6 is 0 Å². The van der Waals surface area contributed by atoms with Gasteiger partial charge in [-0.3, -0.25) is 9.78 Å². The predicted molar refractivity (Wildman–Crippen MR) is 55.8 cm³/mol. The van der Waals surface area contributed by atoms with Gasteiger partial charge in [0, 0.05) is 12.7 Å². The zero-order valence-corrected chi connectivity index (χ0v) is 9.31. The highest BCUT2D eigenvalue weighted by Gasteiger charge is 2.20. The lowest BCUT2D eigenvalue weighted by molar-refractivity contribution is 0.0504. The third-order valence-electron chi connectivity index (χ3n) is 2.02. The zero-order chi connectivity index (χ0) is 12.8. The highest BCUT2D eigenvalue weighted by Crippen LogP contribution is 2.04. The van der Waals surface area contributed by atoms with Crippen molar-refractivity contribution in [1.29, 1.82) is 0 Å². The fourth-order valence-electron chi connectivity index (χ4n) is 1.23. The highest BCUT2D eigenvalue weighted by atomic mass is 19.3. The number of hydrogen-bond donors (Lipinski definition) is 1. The molecular weight excluding hydrogens is 232 g/mol. The van der Waals surface area contributed by atoms with Crippen molar-refractivity contribution in [3.8, 4) is 0 Å². The van der Waals surface area contributed by atoms with E-state index in [0.29, 0.717) is 5.69 Å². The first-order valence-electron chi connectivity index (χ1n) is 5.01. The molecule has 1 rings (SSSR count). The van der Waals surface area contributed by atoms with Crippen LogP contribution in [0.1, 0.15) is 16.2 Å². The molecule has 1 amide bonds. The van der Waals surface area contributed by atoms with Gasteiger partial charge in [-0.2, -0.15) is 0 Å². The fourth-order valence-corrected chi connectivity index (χ4v) is 1.23. The Bertz CT molecular complexity index is 370. The molecule has 0 radical (unpaired) electrons. The Morgan fingerprint density at radius 1 is 1.47 bits per heavy atom.